The number of nitriles is 1. The molecule has 1 aliphatic heterocycles. The average Bonchev–Trinajstić information content (AvgIpc) is 3.35. The first-order chi connectivity index (χ1) is 14.5. The van der Waals surface area contributed by atoms with E-state index < -0.39 is 15.6 Å². The highest BCUT2D eigenvalue weighted by molar-refractivity contribution is 7.89. The minimum absolute atomic E-state index is 0.0600. The summed E-state index contributed by atoms with van der Waals surface area (Å²) in [6, 6.07) is 4.21. The number of H-pyrrole nitrogens is 1. The van der Waals surface area contributed by atoms with E-state index in [2.05, 4.69) is 21.0 Å². The van der Waals surface area contributed by atoms with E-state index >= 15 is 0 Å². The topological polar surface area (TPSA) is 121 Å². The van der Waals surface area contributed by atoms with Gasteiger partial charge in [-0.15, -0.1) is 0 Å². The molecule has 9 nitrogen and oxygen atoms in total. The van der Waals surface area contributed by atoms with Crippen LogP contribution in [0.25, 0.3) is 22.4 Å². The van der Waals surface area contributed by atoms with Crippen molar-refractivity contribution in [1.82, 2.24) is 29.0 Å². The standard InChI is InChI=1S/C20H23N7O2S/c1-2-30(28,29)26-11-20(12-26,8-9-21)27-16-6-4-3-5-14(16)18(25-27)17-15-7-10-22-19(15)24-13-23-17/h7,10,13H,2-6,8,11-12H2,1H3,(H,22,23,24). The average molecular weight is 426 g/mol. The van der Waals surface area contributed by atoms with Crippen LogP contribution in [0.1, 0.15) is 37.4 Å². The molecule has 4 heterocycles. The summed E-state index contributed by atoms with van der Waals surface area (Å²) in [5, 5.41) is 15.4. The zero-order valence-corrected chi connectivity index (χ0v) is 17.6. The van der Waals surface area contributed by atoms with Crippen LogP contribution in [-0.4, -0.2) is 56.3 Å². The normalized spacial score (nSPS) is 18.7. The van der Waals surface area contributed by atoms with Crippen LogP contribution in [0.3, 0.4) is 0 Å². The van der Waals surface area contributed by atoms with Gasteiger partial charge in [-0.3, -0.25) is 4.68 Å². The SMILES string of the molecule is CCS(=O)(=O)N1CC(CC#N)(n2nc(-c3ncnc4[nH]ccc34)c3c2CCCC3)C1. The number of aromatic amines is 1. The van der Waals surface area contributed by atoms with Crippen molar-refractivity contribution < 1.29 is 8.42 Å². The summed E-state index contributed by atoms with van der Waals surface area (Å²) in [6.45, 7) is 2.21. The molecule has 0 amide bonds. The second kappa shape index (κ2) is 6.89. The van der Waals surface area contributed by atoms with E-state index in [0.717, 1.165) is 59.4 Å². The lowest BCUT2D eigenvalue weighted by Gasteiger charge is -2.48. The Morgan fingerprint density at radius 2 is 2.03 bits per heavy atom. The highest BCUT2D eigenvalue weighted by Crippen LogP contribution is 2.40. The first-order valence-corrected chi connectivity index (χ1v) is 11.8. The molecule has 0 bridgehead atoms. The van der Waals surface area contributed by atoms with E-state index in [0.29, 0.717) is 0 Å². The quantitative estimate of drug-likeness (QED) is 0.667. The van der Waals surface area contributed by atoms with E-state index in [1.165, 1.54) is 10.6 Å². The van der Waals surface area contributed by atoms with Crippen molar-refractivity contribution in [2.45, 2.75) is 44.6 Å². The molecule has 10 heteroatoms. The maximum Gasteiger partial charge on any atom is 0.213 e. The highest BCUT2D eigenvalue weighted by atomic mass is 32.2. The summed E-state index contributed by atoms with van der Waals surface area (Å²) in [6.07, 6.45) is 7.50. The van der Waals surface area contributed by atoms with Crippen LogP contribution < -0.4 is 0 Å². The van der Waals surface area contributed by atoms with E-state index in [1.54, 1.807) is 6.92 Å². The van der Waals surface area contributed by atoms with Gasteiger partial charge in [0.1, 0.15) is 28.9 Å². The van der Waals surface area contributed by atoms with Crippen LogP contribution in [0.2, 0.25) is 0 Å². The Balaban J connectivity index is 1.65. The molecular formula is C20H23N7O2S. The molecule has 0 saturated carbocycles. The van der Waals surface area contributed by atoms with Crippen molar-refractivity contribution in [2.24, 2.45) is 0 Å². The maximum absolute atomic E-state index is 12.3. The predicted molar refractivity (Wildman–Crippen MR) is 111 cm³/mol. The number of hydrogen-bond donors (Lipinski definition) is 1. The second-order valence-electron chi connectivity index (χ2n) is 8.08. The fourth-order valence-corrected chi connectivity index (χ4v) is 5.94. The summed E-state index contributed by atoms with van der Waals surface area (Å²) in [5.74, 6) is 0.0600. The van der Waals surface area contributed by atoms with Crippen LogP contribution in [0.15, 0.2) is 18.6 Å². The molecule has 0 unspecified atom stereocenters. The van der Waals surface area contributed by atoms with Crippen molar-refractivity contribution in [1.29, 1.82) is 5.26 Å². The van der Waals surface area contributed by atoms with Crippen LogP contribution in [0.4, 0.5) is 0 Å². The minimum Gasteiger partial charge on any atom is -0.346 e. The van der Waals surface area contributed by atoms with E-state index in [-0.39, 0.29) is 25.3 Å². The molecule has 2 aliphatic rings. The number of aromatic nitrogens is 5. The smallest absolute Gasteiger partial charge is 0.213 e. The Labute approximate surface area is 174 Å². The number of nitrogens with one attached hydrogen (secondary N) is 1. The molecule has 3 aromatic rings. The minimum atomic E-state index is -3.29. The second-order valence-corrected chi connectivity index (χ2v) is 10.3. The largest absolute Gasteiger partial charge is 0.346 e. The third-order valence-electron chi connectivity index (χ3n) is 6.32. The van der Waals surface area contributed by atoms with Crippen LogP contribution in [-0.2, 0) is 28.4 Å². The third kappa shape index (κ3) is 2.76. The molecule has 5 rings (SSSR count). The monoisotopic (exact) mass is 425 g/mol. The van der Waals surface area contributed by atoms with Gasteiger partial charge in [-0.1, -0.05) is 0 Å². The molecular weight excluding hydrogens is 402 g/mol. The molecule has 1 aliphatic carbocycles. The fraction of sp³-hybridized carbons (Fsp3) is 0.500. The fourth-order valence-electron chi connectivity index (χ4n) is 4.70. The van der Waals surface area contributed by atoms with Crippen molar-refractivity contribution in [2.75, 3.05) is 18.8 Å². The Morgan fingerprint density at radius 3 is 2.80 bits per heavy atom. The van der Waals surface area contributed by atoms with Gasteiger partial charge in [0.25, 0.3) is 0 Å². The lowest BCUT2D eigenvalue weighted by atomic mass is 9.87. The molecule has 1 fully saturated rings. The van der Waals surface area contributed by atoms with Gasteiger partial charge in [-0.05, 0) is 38.7 Å². The first kappa shape index (κ1) is 19.2. The number of rotatable bonds is 5. The Bertz CT molecular complexity index is 1260. The van der Waals surface area contributed by atoms with Gasteiger partial charge in [0.15, 0.2) is 0 Å². The summed E-state index contributed by atoms with van der Waals surface area (Å²) >= 11 is 0. The van der Waals surface area contributed by atoms with Gasteiger partial charge in [-0.2, -0.15) is 14.7 Å². The first-order valence-electron chi connectivity index (χ1n) is 10.2. The van der Waals surface area contributed by atoms with Crippen molar-refractivity contribution in [3.05, 3.63) is 29.8 Å². The molecule has 0 spiro atoms. The van der Waals surface area contributed by atoms with Gasteiger partial charge in [-0.25, -0.2) is 18.4 Å². The van der Waals surface area contributed by atoms with Crippen LogP contribution >= 0.6 is 0 Å². The molecule has 0 radical (unpaired) electrons. The molecule has 156 valence electrons. The van der Waals surface area contributed by atoms with Gasteiger partial charge in [0, 0.05) is 35.9 Å². The van der Waals surface area contributed by atoms with Crippen LogP contribution in [0.5, 0.6) is 0 Å². The zero-order chi connectivity index (χ0) is 20.9. The summed E-state index contributed by atoms with van der Waals surface area (Å²) in [4.78, 5) is 11.9. The Hall–Kier alpha value is -2.77. The van der Waals surface area contributed by atoms with E-state index in [4.69, 9.17) is 5.10 Å². The zero-order valence-electron chi connectivity index (χ0n) is 16.8. The summed E-state index contributed by atoms with van der Waals surface area (Å²) < 4.78 is 28.1. The third-order valence-corrected chi connectivity index (χ3v) is 8.09. The number of fused-ring (bicyclic) bond motifs is 2. The Morgan fingerprint density at radius 1 is 1.23 bits per heavy atom. The molecule has 30 heavy (non-hydrogen) atoms. The van der Waals surface area contributed by atoms with Crippen molar-refractivity contribution in [3.8, 4) is 17.5 Å². The van der Waals surface area contributed by atoms with Gasteiger partial charge in [0.2, 0.25) is 10.0 Å². The summed E-state index contributed by atoms with van der Waals surface area (Å²) in [7, 11) is -3.29. The van der Waals surface area contributed by atoms with E-state index in [9.17, 15) is 13.7 Å². The van der Waals surface area contributed by atoms with Gasteiger partial charge < -0.3 is 4.98 Å². The van der Waals surface area contributed by atoms with Crippen molar-refractivity contribution in [3.63, 3.8) is 0 Å². The van der Waals surface area contributed by atoms with E-state index in [1.807, 2.05) is 16.9 Å². The predicted octanol–water partition coefficient (Wildman–Crippen LogP) is 1.97. The number of sulfonamides is 1. The van der Waals surface area contributed by atoms with Gasteiger partial charge in [0.05, 0.1) is 18.2 Å². The maximum atomic E-state index is 12.3. The summed E-state index contributed by atoms with van der Waals surface area (Å²) in [5.41, 5.74) is 4.02. The number of hydrogen-bond acceptors (Lipinski definition) is 6. The molecule has 3 aromatic heterocycles. The lowest BCUT2D eigenvalue weighted by molar-refractivity contribution is 0.0685. The molecule has 0 atom stereocenters. The molecule has 1 N–H and O–H groups in total. The van der Waals surface area contributed by atoms with Crippen LogP contribution in [0, 0.1) is 11.3 Å². The van der Waals surface area contributed by atoms with Crippen molar-refractivity contribution >= 4 is 21.1 Å². The highest BCUT2D eigenvalue weighted by Gasteiger charge is 2.51. The lowest BCUT2D eigenvalue weighted by Crippen LogP contribution is -2.64. The molecule has 1 saturated heterocycles. The number of nitrogens with zero attached hydrogens (tertiary/aromatic N) is 6. The molecule has 0 aromatic carbocycles. The Kier molecular flexibility index (Phi) is 4.41. The van der Waals surface area contributed by atoms with Gasteiger partial charge >= 0.3 is 0 Å².